The fourth-order valence-electron chi connectivity index (χ4n) is 5.87. The minimum Gasteiger partial charge on any atom is -0.481 e. The van der Waals surface area contributed by atoms with Gasteiger partial charge < -0.3 is 20.1 Å². The van der Waals surface area contributed by atoms with Crippen LogP contribution in [-0.4, -0.2) is 53.7 Å². The van der Waals surface area contributed by atoms with Gasteiger partial charge in [-0.2, -0.15) is 0 Å². The van der Waals surface area contributed by atoms with E-state index in [-0.39, 0.29) is 35.8 Å². The van der Waals surface area contributed by atoms with Crippen LogP contribution in [0.4, 0.5) is 4.79 Å². The van der Waals surface area contributed by atoms with Crippen LogP contribution in [0, 0.1) is 17.3 Å². The molecule has 2 fully saturated rings. The molecule has 7 heteroatoms. The first-order chi connectivity index (χ1) is 16.8. The summed E-state index contributed by atoms with van der Waals surface area (Å²) >= 11 is 0. The van der Waals surface area contributed by atoms with E-state index < -0.39 is 18.0 Å². The highest BCUT2D eigenvalue weighted by atomic mass is 16.5. The molecular formula is C28H32N2O5. The Labute approximate surface area is 205 Å². The number of carbonyl (C=O) groups is 3. The average molecular weight is 477 g/mol. The molecule has 2 aromatic rings. The van der Waals surface area contributed by atoms with Crippen molar-refractivity contribution in [2.24, 2.45) is 17.3 Å². The van der Waals surface area contributed by atoms with E-state index in [2.05, 4.69) is 29.6 Å². The van der Waals surface area contributed by atoms with Gasteiger partial charge in [0, 0.05) is 25.0 Å². The van der Waals surface area contributed by atoms with E-state index in [1.165, 1.54) is 11.1 Å². The highest BCUT2D eigenvalue weighted by Gasteiger charge is 2.59. The van der Waals surface area contributed by atoms with Crippen LogP contribution in [0.25, 0.3) is 11.1 Å². The quantitative estimate of drug-likeness (QED) is 0.649. The molecule has 2 N–H and O–H groups in total. The molecule has 0 bridgehead atoms. The van der Waals surface area contributed by atoms with Gasteiger partial charge in [0.25, 0.3) is 0 Å². The van der Waals surface area contributed by atoms with Gasteiger partial charge in [-0.1, -0.05) is 55.5 Å². The van der Waals surface area contributed by atoms with E-state index in [1.54, 1.807) is 0 Å². The third kappa shape index (κ3) is 4.28. The molecule has 3 unspecified atom stereocenters. The summed E-state index contributed by atoms with van der Waals surface area (Å²) in [4.78, 5) is 38.7. The summed E-state index contributed by atoms with van der Waals surface area (Å²) in [6.45, 7) is 5.01. The van der Waals surface area contributed by atoms with E-state index in [1.807, 2.05) is 43.0 Å². The first-order valence-electron chi connectivity index (χ1n) is 12.4. The highest BCUT2D eigenvalue weighted by molar-refractivity contribution is 5.81. The number of amides is 2. The Morgan fingerprint density at radius 1 is 1.03 bits per heavy atom. The van der Waals surface area contributed by atoms with E-state index in [0.29, 0.717) is 13.1 Å². The van der Waals surface area contributed by atoms with Gasteiger partial charge in [-0.15, -0.1) is 0 Å². The number of benzene rings is 2. The van der Waals surface area contributed by atoms with E-state index >= 15 is 0 Å². The number of rotatable bonds is 6. The molecule has 0 aromatic heterocycles. The lowest BCUT2D eigenvalue weighted by atomic mass is 9.89. The standard InChI is InChI=1S/C28H32N2O5/c1-17(25(31)30-13-11-28(12-14-30)15-24(28)26(32)33)18(2)29-27(34)35-16-23-21-9-5-3-7-19(21)20-8-4-6-10-22(20)23/h3-10,17-18,23-24H,11-16H2,1-2H3,(H,29,34)(H,32,33). The van der Waals surface area contributed by atoms with Gasteiger partial charge in [0.2, 0.25) is 5.91 Å². The molecule has 1 saturated carbocycles. The molecule has 35 heavy (non-hydrogen) atoms. The molecule has 184 valence electrons. The lowest BCUT2D eigenvalue weighted by molar-refractivity contribution is -0.140. The number of hydrogen-bond acceptors (Lipinski definition) is 4. The number of aliphatic carboxylic acids is 1. The Balaban J connectivity index is 1.13. The van der Waals surface area contributed by atoms with Crippen LogP contribution in [0.5, 0.6) is 0 Å². The maximum atomic E-state index is 13.0. The second-order valence-electron chi connectivity index (χ2n) is 10.3. The van der Waals surface area contributed by atoms with Crippen molar-refractivity contribution in [3.8, 4) is 11.1 Å². The van der Waals surface area contributed by atoms with Crippen LogP contribution in [0.2, 0.25) is 0 Å². The van der Waals surface area contributed by atoms with Crippen molar-refractivity contribution in [3.05, 3.63) is 59.7 Å². The van der Waals surface area contributed by atoms with E-state index in [0.717, 1.165) is 30.4 Å². The van der Waals surface area contributed by atoms with Gasteiger partial charge in [-0.25, -0.2) is 4.79 Å². The van der Waals surface area contributed by atoms with Crippen LogP contribution < -0.4 is 5.32 Å². The lowest BCUT2D eigenvalue weighted by Gasteiger charge is -2.35. The zero-order chi connectivity index (χ0) is 24.7. The number of hydrogen-bond donors (Lipinski definition) is 2. The SMILES string of the molecule is CC(NC(=O)OCC1c2ccccc2-c2ccccc21)C(C)C(=O)N1CCC2(CC1)CC2C(=O)O. The number of likely N-dealkylation sites (tertiary alicyclic amines) is 1. The molecule has 7 nitrogen and oxygen atoms in total. The van der Waals surface area contributed by atoms with Crippen LogP contribution >= 0.6 is 0 Å². The van der Waals surface area contributed by atoms with Crippen LogP contribution in [0.3, 0.4) is 0 Å². The van der Waals surface area contributed by atoms with Crippen molar-refractivity contribution in [1.82, 2.24) is 10.2 Å². The summed E-state index contributed by atoms with van der Waals surface area (Å²) in [5.74, 6) is -1.41. The number of nitrogens with zero attached hydrogens (tertiary/aromatic N) is 1. The maximum absolute atomic E-state index is 13.0. The fourth-order valence-corrected chi connectivity index (χ4v) is 5.87. The molecule has 1 aliphatic heterocycles. The number of piperidine rings is 1. The van der Waals surface area contributed by atoms with E-state index in [4.69, 9.17) is 4.74 Å². The van der Waals surface area contributed by atoms with Crippen molar-refractivity contribution < 1.29 is 24.2 Å². The molecule has 1 heterocycles. The Morgan fingerprint density at radius 3 is 2.14 bits per heavy atom. The predicted molar refractivity (Wildman–Crippen MR) is 131 cm³/mol. The summed E-state index contributed by atoms with van der Waals surface area (Å²) in [7, 11) is 0. The largest absolute Gasteiger partial charge is 0.481 e. The van der Waals surface area contributed by atoms with Gasteiger partial charge in [0.1, 0.15) is 6.61 Å². The molecule has 5 rings (SSSR count). The van der Waals surface area contributed by atoms with Crippen LogP contribution in [0.1, 0.15) is 50.2 Å². The number of nitrogens with one attached hydrogen (secondary N) is 1. The Kier molecular flexibility index (Phi) is 6.03. The van der Waals surface area contributed by atoms with E-state index in [9.17, 15) is 19.5 Å². The predicted octanol–water partition coefficient (Wildman–Crippen LogP) is 4.26. The van der Waals surface area contributed by atoms with Gasteiger partial charge >= 0.3 is 12.1 Å². The molecule has 3 atom stereocenters. The Morgan fingerprint density at radius 2 is 1.60 bits per heavy atom. The first-order valence-corrected chi connectivity index (χ1v) is 12.4. The number of alkyl carbamates (subject to hydrolysis) is 1. The van der Waals surface area contributed by atoms with Crippen molar-refractivity contribution in [2.75, 3.05) is 19.7 Å². The second-order valence-corrected chi connectivity index (χ2v) is 10.3. The summed E-state index contributed by atoms with van der Waals surface area (Å²) < 4.78 is 5.62. The van der Waals surface area contributed by atoms with Crippen molar-refractivity contribution >= 4 is 18.0 Å². The second kappa shape index (κ2) is 9.02. The number of carboxylic acids is 1. The number of ether oxygens (including phenoxy) is 1. The maximum Gasteiger partial charge on any atom is 0.407 e. The highest BCUT2D eigenvalue weighted by Crippen LogP contribution is 2.59. The third-order valence-corrected chi connectivity index (χ3v) is 8.39. The zero-order valence-electron chi connectivity index (χ0n) is 20.2. The minimum atomic E-state index is -0.723. The molecule has 1 spiro atoms. The smallest absolute Gasteiger partial charge is 0.407 e. The Hall–Kier alpha value is -3.35. The van der Waals surface area contributed by atoms with Crippen LogP contribution in [-0.2, 0) is 14.3 Å². The average Bonchev–Trinajstić information content (AvgIpc) is 3.47. The molecule has 3 aliphatic rings. The third-order valence-electron chi connectivity index (χ3n) is 8.39. The summed E-state index contributed by atoms with van der Waals surface area (Å²) in [6.07, 6.45) is 1.66. The van der Waals surface area contributed by atoms with Gasteiger partial charge in [0.15, 0.2) is 0 Å². The fraction of sp³-hybridized carbons (Fsp3) is 0.464. The lowest BCUT2D eigenvalue weighted by Crippen LogP contribution is -2.48. The summed E-state index contributed by atoms with van der Waals surface area (Å²) in [6, 6.07) is 16.0. The van der Waals surface area contributed by atoms with Gasteiger partial charge in [0.05, 0.1) is 11.8 Å². The molecular weight excluding hydrogens is 444 g/mol. The zero-order valence-corrected chi connectivity index (χ0v) is 20.2. The summed E-state index contributed by atoms with van der Waals surface area (Å²) in [5.41, 5.74) is 4.54. The van der Waals surface area contributed by atoms with Crippen molar-refractivity contribution in [3.63, 3.8) is 0 Å². The van der Waals surface area contributed by atoms with Crippen LogP contribution in [0.15, 0.2) is 48.5 Å². The minimum absolute atomic E-state index is 0.0137. The van der Waals surface area contributed by atoms with Crippen molar-refractivity contribution in [2.45, 2.75) is 45.1 Å². The number of fused-ring (bicyclic) bond motifs is 3. The summed E-state index contributed by atoms with van der Waals surface area (Å²) in [5, 5.41) is 12.1. The van der Waals surface area contributed by atoms with Gasteiger partial charge in [-0.3, -0.25) is 9.59 Å². The Bertz CT molecular complexity index is 1110. The topological polar surface area (TPSA) is 95.9 Å². The van der Waals surface area contributed by atoms with Gasteiger partial charge in [-0.05, 0) is 53.9 Å². The first kappa shape index (κ1) is 23.4. The molecule has 0 radical (unpaired) electrons. The number of carbonyl (C=O) groups excluding carboxylic acids is 2. The molecule has 2 aliphatic carbocycles. The monoisotopic (exact) mass is 476 g/mol. The molecule has 1 saturated heterocycles. The molecule has 2 aromatic carbocycles. The molecule has 2 amide bonds. The number of carboxylic acid groups (broad SMARTS) is 1. The normalized spacial score (nSPS) is 21.5. The van der Waals surface area contributed by atoms with Crippen molar-refractivity contribution in [1.29, 1.82) is 0 Å².